The van der Waals surface area contributed by atoms with Crippen LogP contribution in [0.15, 0.2) is 0 Å². The van der Waals surface area contributed by atoms with E-state index in [1.807, 2.05) is 7.05 Å². The summed E-state index contributed by atoms with van der Waals surface area (Å²) in [6.07, 6.45) is 4.40. The third-order valence-electron chi connectivity index (χ3n) is 4.24. The maximum Gasteiger partial charge on any atom is 0.0613 e. The summed E-state index contributed by atoms with van der Waals surface area (Å²) in [7, 11) is 4.16. The Bertz CT molecular complexity index is 194. The fourth-order valence-corrected chi connectivity index (χ4v) is 2.50. The van der Waals surface area contributed by atoms with E-state index in [1.165, 1.54) is 6.42 Å². The zero-order chi connectivity index (χ0) is 14.2. The molecule has 0 aromatic rings. The summed E-state index contributed by atoms with van der Waals surface area (Å²) in [4.78, 5) is 2.44. The van der Waals surface area contributed by atoms with Gasteiger partial charge in [0.15, 0.2) is 0 Å². The molecule has 0 aromatic carbocycles. The van der Waals surface area contributed by atoms with Crippen molar-refractivity contribution in [2.75, 3.05) is 27.2 Å². The van der Waals surface area contributed by atoms with Crippen LogP contribution in [0.25, 0.3) is 0 Å². The van der Waals surface area contributed by atoms with Gasteiger partial charge in [-0.3, -0.25) is 0 Å². The van der Waals surface area contributed by atoms with Crippen LogP contribution in [0.4, 0.5) is 0 Å². The molecule has 0 aliphatic carbocycles. The van der Waals surface area contributed by atoms with Crippen LogP contribution in [0.5, 0.6) is 0 Å². The van der Waals surface area contributed by atoms with Gasteiger partial charge in [0.1, 0.15) is 0 Å². The molecule has 0 heterocycles. The molecule has 0 bridgehead atoms. The number of nitrogens with zero attached hydrogens (tertiary/aromatic N) is 1. The normalized spacial score (nSPS) is 17.2. The fraction of sp³-hybridized carbons (Fsp3) is 1.00. The van der Waals surface area contributed by atoms with E-state index in [0.29, 0.717) is 6.04 Å². The SMILES string of the molecule is CCC(CO)(CCCN(C)C(C)CC(C)C)NC. The first-order chi connectivity index (χ1) is 8.40. The Hall–Kier alpha value is -0.120. The molecule has 3 nitrogen and oxygen atoms in total. The number of hydrogen-bond acceptors (Lipinski definition) is 3. The number of nitrogens with one attached hydrogen (secondary N) is 1. The Morgan fingerprint density at radius 3 is 2.28 bits per heavy atom. The lowest BCUT2D eigenvalue weighted by Crippen LogP contribution is -2.46. The van der Waals surface area contributed by atoms with E-state index < -0.39 is 0 Å². The highest BCUT2D eigenvalue weighted by Crippen LogP contribution is 2.17. The predicted molar refractivity (Wildman–Crippen MR) is 79.9 cm³/mol. The van der Waals surface area contributed by atoms with Gasteiger partial charge in [-0.05, 0) is 59.2 Å². The minimum absolute atomic E-state index is 0.0812. The van der Waals surface area contributed by atoms with Gasteiger partial charge in [0.2, 0.25) is 0 Å². The molecule has 0 amide bonds. The van der Waals surface area contributed by atoms with Crippen molar-refractivity contribution in [3.63, 3.8) is 0 Å². The van der Waals surface area contributed by atoms with Crippen molar-refractivity contribution in [2.45, 2.75) is 65.0 Å². The second-order valence-electron chi connectivity index (χ2n) is 6.10. The number of rotatable bonds is 10. The smallest absolute Gasteiger partial charge is 0.0613 e. The Balaban J connectivity index is 4.02. The second kappa shape index (κ2) is 8.89. The van der Waals surface area contributed by atoms with Crippen LogP contribution in [0, 0.1) is 5.92 Å². The van der Waals surface area contributed by atoms with Crippen LogP contribution in [-0.4, -0.2) is 48.8 Å². The largest absolute Gasteiger partial charge is 0.394 e. The van der Waals surface area contributed by atoms with Crippen molar-refractivity contribution in [3.05, 3.63) is 0 Å². The third-order valence-corrected chi connectivity index (χ3v) is 4.24. The van der Waals surface area contributed by atoms with Crippen molar-refractivity contribution < 1.29 is 5.11 Å². The Labute approximate surface area is 114 Å². The Kier molecular flexibility index (Phi) is 8.83. The average Bonchev–Trinajstić information content (AvgIpc) is 2.34. The summed E-state index contributed by atoms with van der Waals surface area (Å²) >= 11 is 0. The predicted octanol–water partition coefficient (Wildman–Crippen LogP) is 2.49. The summed E-state index contributed by atoms with van der Waals surface area (Å²) in [6.45, 7) is 10.3. The molecular weight excluding hydrogens is 224 g/mol. The van der Waals surface area contributed by atoms with E-state index in [9.17, 15) is 5.11 Å². The Morgan fingerprint density at radius 2 is 1.89 bits per heavy atom. The van der Waals surface area contributed by atoms with E-state index in [1.54, 1.807) is 0 Å². The van der Waals surface area contributed by atoms with Gasteiger partial charge in [-0.1, -0.05) is 20.8 Å². The first-order valence-corrected chi connectivity index (χ1v) is 7.40. The van der Waals surface area contributed by atoms with Gasteiger partial charge >= 0.3 is 0 Å². The molecule has 0 saturated heterocycles. The maximum absolute atomic E-state index is 9.49. The van der Waals surface area contributed by atoms with Crippen molar-refractivity contribution in [1.82, 2.24) is 10.2 Å². The zero-order valence-electron chi connectivity index (χ0n) is 13.3. The molecule has 0 radical (unpaired) electrons. The van der Waals surface area contributed by atoms with Crippen molar-refractivity contribution in [2.24, 2.45) is 5.92 Å². The lowest BCUT2D eigenvalue weighted by molar-refractivity contribution is 0.143. The lowest BCUT2D eigenvalue weighted by atomic mass is 9.91. The van der Waals surface area contributed by atoms with Crippen molar-refractivity contribution in [3.8, 4) is 0 Å². The van der Waals surface area contributed by atoms with Gasteiger partial charge in [0, 0.05) is 11.6 Å². The zero-order valence-corrected chi connectivity index (χ0v) is 13.3. The topological polar surface area (TPSA) is 35.5 Å². The minimum atomic E-state index is -0.0812. The second-order valence-corrected chi connectivity index (χ2v) is 6.10. The summed E-state index contributed by atoms with van der Waals surface area (Å²) in [5, 5.41) is 12.8. The minimum Gasteiger partial charge on any atom is -0.394 e. The van der Waals surface area contributed by atoms with Crippen LogP contribution in [0.3, 0.4) is 0 Å². The molecule has 0 aliphatic rings. The molecule has 2 N–H and O–H groups in total. The Morgan fingerprint density at radius 1 is 1.28 bits per heavy atom. The quantitative estimate of drug-likeness (QED) is 0.632. The molecule has 18 heavy (non-hydrogen) atoms. The number of aliphatic hydroxyl groups is 1. The molecule has 2 atom stereocenters. The molecule has 110 valence electrons. The third kappa shape index (κ3) is 6.17. The van der Waals surface area contributed by atoms with E-state index in [-0.39, 0.29) is 12.1 Å². The van der Waals surface area contributed by atoms with Crippen LogP contribution in [0.2, 0.25) is 0 Å². The van der Waals surface area contributed by atoms with Gasteiger partial charge < -0.3 is 15.3 Å². The first kappa shape index (κ1) is 17.9. The molecule has 2 unspecified atom stereocenters. The van der Waals surface area contributed by atoms with Crippen LogP contribution in [-0.2, 0) is 0 Å². The van der Waals surface area contributed by atoms with E-state index in [4.69, 9.17) is 0 Å². The molecule has 0 spiro atoms. The summed E-state index contributed by atoms with van der Waals surface area (Å²) in [5.41, 5.74) is -0.0812. The molecule has 3 heteroatoms. The van der Waals surface area contributed by atoms with E-state index in [2.05, 4.69) is 45.0 Å². The summed E-state index contributed by atoms with van der Waals surface area (Å²) in [6, 6.07) is 0.643. The molecule has 0 rings (SSSR count). The standard InChI is InChI=1S/C15H34N2O/c1-7-15(12-18,16-5)9-8-10-17(6)14(4)11-13(2)3/h13-14,16,18H,7-12H2,1-6H3. The van der Waals surface area contributed by atoms with Gasteiger partial charge in [-0.2, -0.15) is 0 Å². The van der Waals surface area contributed by atoms with E-state index >= 15 is 0 Å². The lowest BCUT2D eigenvalue weighted by Gasteiger charge is -2.32. The maximum atomic E-state index is 9.49. The number of likely N-dealkylation sites (N-methyl/N-ethyl adjacent to an activating group) is 1. The highest BCUT2D eigenvalue weighted by Gasteiger charge is 2.24. The average molecular weight is 258 g/mol. The van der Waals surface area contributed by atoms with Crippen LogP contribution >= 0.6 is 0 Å². The van der Waals surface area contributed by atoms with E-state index in [0.717, 1.165) is 31.7 Å². The van der Waals surface area contributed by atoms with Crippen LogP contribution in [0.1, 0.15) is 53.4 Å². The van der Waals surface area contributed by atoms with Gasteiger partial charge in [0.05, 0.1) is 6.61 Å². The number of aliphatic hydroxyl groups excluding tert-OH is 1. The van der Waals surface area contributed by atoms with Crippen molar-refractivity contribution >= 4 is 0 Å². The molecule has 0 saturated carbocycles. The van der Waals surface area contributed by atoms with Gasteiger partial charge in [0.25, 0.3) is 0 Å². The summed E-state index contributed by atoms with van der Waals surface area (Å²) in [5.74, 6) is 0.756. The van der Waals surface area contributed by atoms with Crippen molar-refractivity contribution in [1.29, 1.82) is 0 Å². The fourth-order valence-electron chi connectivity index (χ4n) is 2.50. The highest BCUT2D eigenvalue weighted by molar-refractivity contribution is 4.84. The van der Waals surface area contributed by atoms with Gasteiger partial charge in [-0.25, -0.2) is 0 Å². The van der Waals surface area contributed by atoms with Gasteiger partial charge in [-0.15, -0.1) is 0 Å². The molecule has 0 fully saturated rings. The molecule has 0 aliphatic heterocycles. The monoisotopic (exact) mass is 258 g/mol. The molecular formula is C15H34N2O. The number of hydrogen-bond donors (Lipinski definition) is 2. The summed E-state index contributed by atoms with van der Waals surface area (Å²) < 4.78 is 0. The van der Waals surface area contributed by atoms with Crippen LogP contribution < -0.4 is 5.32 Å². The molecule has 0 aromatic heterocycles. The first-order valence-electron chi connectivity index (χ1n) is 7.40. The highest BCUT2D eigenvalue weighted by atomic mass is 16.3.